The molecule has 2 rings (SSSR count). The molecule has 7 nitrogen and oxygen atoms in total. The first-order valence-corrected chi connectivity index (χ1v) is 9.36. The van der Waals surface area contributed by atoms with Crippen molar-refractivity contribution in [3.63, 3.8) is 0 Å². The van der Waals surface area contributed by atoms with E-state index in [1.54, 1.807) is 7.05 Å². The summed E-state index contributed by atoms with van der Waals surface area (Å²) < 4.78 is 13.0. The van der Waals surface area contributed by atoms with Crippen LogP contribution < -0.4 is 10.6 Å². The minimum atomic E-state index is 0.629. The number of aliphatic imine (C=N–C) groups is 1. The SMILES string of the molecule is CCCCOCCOCCNC(=NC)NCCc1cn2ccccc2n1. The number of pyridine rings is 1. The summed E-state index contributed by atoms with van der Waals surface area (Å²) in [7, 11) is 1.77. The van der Waals surface area contributed by atoms with Gasteiger partial charge in [-0.1, -0.05) is 19.4 Å². The molecule has 0 saturated carbocycles. The number of hydrogen-bond donors (Lipinski definition) is 2. The number of guanidine groups is 1. The van der Waals surface area contributed by atoms with Gasteiger partial charge < -0.3 is 24.5 Å². The lowest BCUT2D eigenvalue weighted by molar-refractivity contribution is 0.0487. The maximum Gasteiger partial charge on any atom is 0.191 e. The van der Waals surface area contributed by atoms with Crippen LogP contribution in [-0.2, 0) is 15.9 Å². The van der Waals surface area contributed by atoms with Gasteiger partial charge >= 0.3 is 0 Å². The normalized spacial score (nSPS) is 11.8. The van der Waals surface area contributed by atoms with E-state index in [4.69, 9.17) is 9.47 Å². The van der Waals surface area contributed by atoms with Crippen LogP contribution in [0.5, 0.6) is 0 Å². The molecule has 0 fully saturated rings. The first-order valence-electron chi connectivity index (χ1n) is 9.36. The van der Waals surface area contributed by atoms with Gasteiger partial charge in [-0.15, -0.1) is 0 Å². The van der Waals surface area contributed by atoms with E-state index in [0.29, 0.717) is 26.4 Å². The Morgan fingerprint density at radius 3 is 2.69 bits per heavy atom. The molecule has 0 atom stereocenters. The molecule has 2 heterocycles. The van der Waals surface area contributed by atoms with E-state index >= 15 is 0 Å². The molecule has 0 spiro atoms. The van der Waals surface area contributed by atoms with E-state index in [1.165, 1.54) is 0 Å². The van der Waals surface area contributed by atoms with Gasteiger partial charge in [0.05, 0.1) is 25.5 Å². The summed E-state index contributed by atoms with van der Waals surface area (Å²) in [5.74, 6) is 0.775. The Labute approximate surface area is 155 Å². The number of nitrogens with zero attached hydrogens (tertiary/aromatic N) is 3. The van der Waals surface area contributed by atoms with Gasteiger partial charge in [0.25, 0.3) is 0 Å². The fraction of sp³-hybridized carbons (Fsp3) is 0.579. The first-order chi connectivity index (χ1) is 12.8. The molecule has 0 amide bonds. The minimum Gasteiger partial charge on any atom is -0.379 e. The summed E-state index contributed by atoms with van der Waals surface area (Å²) >= 11 is 0. The van der Waals surface area contributed by atoms with Gasteiger partial charge in [-0.25, -0.2) is 4.98 Å². The van der Waals surface area contributed by atoms with Crippen molar-refractivity contribution in [1.82, 2.24) is 20.0 Å². The zero-order valence-electron chi connectivity index (χ0n) is 15.9. The van der Waals surface area contributed by atoms with Crippen LogP contribution in [0.4, 0.5) is 0 Å². The van der Waals surface area contributed by atoms with Crippen LogP contribution in [0.25, 0.3) is 5.65 Å². The molecule has 2 aromatic rings. The van der Waals surface area contributed by atoms with Gasteiger partial charge in [-0.2, -0.15) is 0 Å². The highest BCUT2D eigenvalue weighted by atomic mass is 16.5. The fourth-order valence-corrected chi connectivity index (χ4v) is 2.45. The average molecular weight is 361 g/mol. The van der Waals surface area contributed by atoms with Crippen molar-refractivity contribution in [1.29, 1.82) is 0 Å². The highest BCUT2D eigenvalue weighted by molar-refractivity contribution is 5.79. The molecule has 0 aliphatic rings. The van der Waals surface area contributed by atoms with E-state index in [2.05, 4.69) is 33.7 Å². The summed E-state index contributed by atoms with van der Waals surface area (Å²) in [5, 5.41) is 6.54. The van der Waals surface area contributed by atoms with Crippen molar-refractivity contribution < 1.29 is 9.47 Å². The number of imidazole rings is 1. The Bertz CT molecular complexity index is 623. The van der Waals surface area contributed by atoms with Crippen LogP contribution in [0.1, 0.15) is 25.5 Å². The van der Waals surface area contributed by atoms with Crippen molar-refractivity contribution in [3.8, 4) is 0 Å². The highest BCUT2D eigenvalue weighted by Crippen LogP contribution is 2.04. The second kappa shape index (κ2) is 12.3. The number of rotatable bonds is 12. The Hall–Kier alpha value is -2.12. The van der Waals surface area contributed by atoms with Crippen LogP contribution in [0, 0.1) is 0 Å². The van der Waals surface area contributed by atoms with Gasteiger partial charge in [-0.3, -0.25) is 4.99 Å². The Morgan fingerprint density at radius 2 is 1.92 bits per heavy atom. The van der Waals surface area contributed by atoms with E-state index in [1.807, 2.05) is 28.8 Å². The third kappa shape index (κ3) is 7.41. The van der Waals surface area contributed by atoms with E-state index in [-0.39, 0.29) is 0 Å². The molecule has 0 aromatic carbocycles. The zero-order valence-corrected chi connectivity index (χ0v) is 15.9. The lowest BCUT2D eigenvalue weighted by atomic mass is 10.3. The van der Waals surface area contributed by atoms with Crippen molar-refractivity contribution in [2.24, 2.45) is 4.99 Å². The largest absolute Gasteiger partial charge is 0.379 e. The number of hydrogen-bond acceptors (Lipinski definition) is 4. The Balaban J connectivity index is 1.54. The molecule has 0 aliphatic heterocycles. The standard InChI is InChI=1S/C19H31N5O2/c1-3-4-12-25-14-15-26-13-10-22-19(20-2)21-9-8-17-16-24-11-6-5-7-18(24)23-17/h5-7,11,16H,3-4,8-10,12-15H2,1-2H3,(H2,20,21,22). The van der Waals surface area contributed by atoms with Gasteiger partial charge in [0.15, 0.2) is 5.96 Å². The molecule has 0 bridgehead atoms. The molecule has 0 radical (unpaired) electrons. The predicted molar refractivity (Wildman–Crippen MR) is 105 cm³/mol. The Morgan fingerprint density at radius 1 is 1.12 bits per heavy atom. The van der Waals surface area contributed by atoms with Crippen LogP contribution in [0.2, 0.25) is 0 Å². The molecule has 0 aliphatic carbocycles. The third-order valence-electron chi connectivity index (χ3n) is 3.86. The lowest BCUT2D eigenvalue weighted by Gasteiger charge is -2.11. The summed E-state index contributed by atoms with van der Waals surface area (Å²) in [6.07, 6.45) is 7.18. The average Bonchev–Trinajstić information content (AvgIpc) is 3.08. The highest BCUT2D eigenvalue weighted by Gasteiger charge is 2.02. The molecular weight excluding hydrogens is 330 g/mol. The Kier molecular flexibility index (Phi) is 9.53. The molecule has 26 heavy (non-hydrogen) atoms. The van der Waals surface area contributed by atoms with E-state index in [0.717, 1.165) is 49.7 Å². The number of nitrogens with one attached hydrogen (secondary N) is 2. The molecule has 0 saturated heterocycles. The van der Waals surface area contributed by atoms with Gasteiger partial charge in [0, 0.05) is 45.6 Å². The fourth-order valence-electron chi connectivity index (χ4n) is 2.45. The van der Waals surface area contributed by atoms with Crippen molar-refractivity contribution in [3.05, 3.63) is 36.3 Å². The van der Waals surface area contributed by atoms with Crippen LogP contribution in [0.15, 0.2) is 35.6 Å². The van der Waals surface area contributed by atoms with Crippen LogP contribution >= 0.6 is 0 Å². The zero-order chi connectivity index (χ0) is 18.5. The molecule has 144 valence electrons. The van der Waals surface area contributed by atoms with Gasteiger partial charge in [-0.05, 0) is 18.6 Å². The predicted octanol–water partition coefficient (Wildman–Crippen LogP) is 1.88. The van der Waals surface area contributed by atoms with Crippen LogP contribution in [-0.4, -0.2) is 61.9 Å². The summed E-state index contributed by atoms with van der Waals surface area (Å²) in [6, 6.07) is 6.00. The lowest BCUT2D eigenvalue weighted by Crippen LogP contribution is -2.39. The second-order valence-electron chi connectivity index (χ2n) is 5.95. The molecule has 0 unspecified atom stereocenters. The molecule has 2 N–H and O–H groups in total. The molecule has 2 aromatic heterocycles. The summed E-state index contributed by atoms with van der Waals surface area (Å²) in [5.41, 5.74) is 2.03. The number of unbranched alkanes of at least 4 members (excludes halogenated alkanes) is 1. The maximum absolute atomic E-state index is 5.53. The quantitative estimate of drug-likeness (QED) is 0.343. The van der Waals surface area contributed by atoms with Gasteiger partial charge in [0.1, 0.15) is 5.65 Å². The van der Waals surface area contributed by atoms with Crippen molar-refractivity contribution >= 4 is 11.6 Å². The third-order valence-corrected chi connectivity index (χ3v) is 3.86. The number of aromatic nitrogens is 2. The first kappa shape index (κ1) is 20.2. The van der Waals surface area contributed by atoms with Gasteiger partial charge in [0.2, 0.25) is 0 Å². The van der Waals surface area contributed by atoms with Crippen molar-refractivity contribution in [2.75, 3.05) is 46.6 Å². The second-order valence-corrected chi connectivity index (χ2v) is 5.95. The topological polar surface area (TPSA) is 72.2 Å². The number of ether oxygens (including phenoxy) is 2. The number of fused-ring (bicyclic) bond motifs is 1. The summed E-state index contributed by atoms with van der Waals surface area (Å²) in [4.78, 5) is 8.81. The van der Waals surface area contributed by atoms with Crippen LogP contribution in [0.3, 0.4) is 0 Å². The summed E-state index contributed by atoms with van der Waals surface area (Å²) in [6.45, 7) is 6.38. The van der Waals surface area contributed by atoms with E-state index in [9.17, 15) is 0 Å². The van der Waals surface area contributed by atoms with Crippen molar-refractivity contribution in [2.45, 2.75) is 26.2 Å². The maximum atomic E-state index is 5.53. The minimum absolute atomic E-state index is 0.629. The smallest absolute Gasteiger partial charge is 0.191 e. The monoisotopic (exact) mass is 361 g/mol. The molecule has 7 heteroatoms. The van der Waals surface area contributed by atoms with E-state index < -0.39 is 0 Å². The molecular formula is C19H31N5O2.